The van der Waals surface area contributed by atoms with E-state index in [-0.39, 0.29) is 0 Å². The number of aromatic nitrogens is 5. The van der Waals surface area contributed by atoms with Crippen LogP contribution in [0.3, 0.4) is 0 Å². The van der Waals surface area contributed by atoms with Crippen LogP contribution in [0.2, 0.25) is 0 Å². The molecule has 0 radical (unpaired) electrons. The maximum absolute atomic E-state index is 5.58. The van der Waals surface area contributed by atoms with Gasteiger partial charge in [0.15, 0.2) is 13.9 Å². The van der Waals surface area contributed by atoms with Crippen LogP contribution in [-0.2, 0) is 0 Å². The van der Waals surface area contributed by atoms with E-state index in [1.165, 1.54) is 53.3 Å². The molecule has 4 aromatic heterocycles. The minimum Gasteiger partial charge on any atom is -0.309 e. The third kappa shape index (κ3) is 6.03. The Labute approximate surface area is 405 Å². The molecule has 14 aromatic rings. The number of para-hydroxylation sites is 5. The summed E-state index contributed by atoms with van der Waals surface area (Å²) in [5.74, 6) is 2.25. The summed E-state index contributed by atoms with van der Waals surface area (Å²) >= 11 is 0. The highest BCUT2D eigenvalue weighted by molar-refractivity contribution is 7.19. The molecule has 328 valence electrons. The van der Waals surface area contributed by atoms with E-state index in [1.807, 2.05) is 0 Å². The van der Waals surface area contributed by atoms with Crippen molar-refractivity contribution in [1.29, 1.82) is 0 Å². The molecule has 0 aliphatic heterocycles. The molecule has 0 atom stereocenters. The Morgan fingerprint density at radius 1 is 0.257 bits per heavy atom. The van der Waals surface area contributed by atoms with Crippen LogP contribution < -0.4 is 20.7 Å². The van der Waals surface area contributed by atoms with Gasteiger partial charge in [-0.25, -0.2) is 9.97 Å². The number of fused-ring (bicyclic) bond motifs is 9. The summed E-state index contributed by atoms with van der Waals surface area (Å²) in [6.07, 6.45) is 0. The van der Waals surface area contributed by atoms with Crippen LogP contribution in [0.5, 0.6) is 0 Å². The Morgan fingerprint density at radius 3 is 1.00 bits per heavy atom. The van der Waals surface area contributed by atoms with Crippen LogP contribution in [0.25, 0.3) is 94.1 Å². The molecule has 6 heteroatoms. The number of nitrogens with zero attached hydrogens (tertiary/aromatic N) is 5. The second-order valence-electron chi connectivity index (χ2n) is 18.1. The minimum atomic E-state index is -2.76. The molecular formula is C64H43N5Si. The molecule has 70 heavy (non-hydrogen) atoms. The minimum absolute atomic E-state index is 0.653. The lowest BCUT2D eigenvalue weighted by Crippen LogP contribution is -2.74. The van der Waals surface area contributed by atoms with Gasteiger partial charge in [0.25, 0.3) is 0 Å². The van der Waals surface area contributed by atoms with Crippen LogP contribution >= 0.6 is 0 Å². The summed E-state index contributed by atoms with van der Waals surface area (Å²) in [5, 5.41) is 12.5. The fourth-order valence-electron chi connectivity index (χ4n) is 11.4. The highest BCUT2D eigenvalue weighted by Crippen LogP contribution is 2.38. The molecular weight excluding hydrogens is 867 g/mol. The Hall–Kier alpha value is -9.10. The summed E-state index contributed by atoms with van der Waals surface area (Å²) in [7, 11) is -2.76. The van der Waals surface area contributed by atoms with Crippen molar-refractivity contribution < 1.29 is 0 Å². The Morgan fingerprint density at radius 2 is 0.586 bits per heavy atom. The van der Waals surface area contributed by atoms with Gasteiger partial charge < -0.3 is 4.57 Å². The van der Waals surface area contributed by atoms with Crippen molar-refractivity contribution in [3.8, 4) is 28.7 Å². The summed E-state index contributed by atoms with van der Waals surface area (Å²) in [4.78, 5) is 11.1. The number of benzene rings is 10. The third-order valence-corrected chi connectivity index (χ3v) is 19.2. The highest BCUT2D eigenvalue weighted by atomic mass is 28.3. The quantitative estimate of drug-likeness (QED) is 0.113. The van der Waals surface area contributed by atoms with Crippen LogP contribution in [0.1, 0.15) is 0 Å². The monoisotopic (exact) mass is 909 g/mol. The molecule has 10 aromatic carbocycles. The molecule has 0 aliphatic rings. The van der Waals surface area contributed by atoms with Gasteiger partial charge in [0, 0.05) is 49.6 Å². The van der Waals surface area contributed by atoms with Gasteiger partial charge in [-0.1, -0.05) is 206 Å². The molecule has 0 amide bonds. The van der Waals surface area contributed by atoms with E-state index in [2.05, 4.69) is 275 Å². The summed E-state index contributed by atoms with van der Waals surface area (Å²) < 4.78 is 7.03. The normalized spacial score (nSPS) is 12.0. The van der Waals surface area contributed by atoms with Crippen LogP contribution in [0.15, 0.2) is 261 Å². The molecule has 0 bridgehead atoms. The van der Waals surface area contributed by atoms with Crippen molar-refractivity contribution in [2.24, 2.45) is 0 Å². The molecule has 0 saturated heterocycles. The van der Waals surface area contributed by atoms with E-state index in [0.29, 0.717) is 5.82 Å². The van der Waals surface area contributed by atoms with E-state index in [4.69, 9.17) is 9.97 Å². The third-order valence-electron chi connectivity index (χ3n) is 14.4. The molecule has 0 unspecified atom stereocenters. The van der Waals surface area contributed by atoms with Crippen LogP contribution in [-0.4, -0.2) is 31.7 Å². The van der Waals surface area contributed by atoms with Crippen molar-refractivity contribution in [2.75, 3.05) is 0 Å². The predicted molar refractivity (Wildman–Crippen MR) is 294 cm³/mol. The predicted octanol–water partition coefficient (Wildman–Crippen LogP) is 12.8. The Bertz CT molecular complexity index is 4080. The van der Waals surface area contributed by atoms with Crippen LogP contribution in [0, 0.1) is 0 Å². The Kier molecular flexibility index (Phi) is 9.15. The average molecular weight is 910 g/mol. The van der Waals surface area contributed by atoms with E-state index in [9.17, 15) is 0 Å². The number of hydrogen-bond donors (Lipinski definition) is 0. The molecule has 0 fully saturated rings. The zero-order valence-corrected chi connectivity index (χ0v) is 39.1. The maximum Gasteiger partial charge on any atom is 0.179 e. The van der Waals surface area contributed by atoms with Gasteiger partial charge in [-0.15, -0.1) is 0 Å². The van der Waals surface area contributed by atoms with Crippen molar-refractivity contribution >= 4 is 94.2 Å². The fourth-order valence-corrected chi connectivity index (χ4v) is 16.2. The second-order valence-corrected chi connectivity index (χ2v) is 21.9. The highest BCUT2D eigenvalue weighted by Gasteiger charge is 2.41. The summed E-state index contributed by atoms with van der Waals surface area (Å²) in [6, 6.07) is 94.8. The summed E-state index contributed by atoms with van der Waals surface area (Å²) in [5.41, 5.74) is 8.77. The van der Waals surface area contributed by atoms with Gasteiger partial charge >= 0.3 is 0 Å². The first kappa shape index (κ1) is 40.0. The smallest absolute Gasteiger partial charge is 0.179 e. The molecule has 0 N–H and O–H groups in total. The first-order chi connectivity index (χ1) is 34.7. The molecule has 0 aliphatic carbocycles. The fraction of sp³-hybridized carbons (Fsp3) is 0. The SMILES string of the molecule is c1ccc([Si](c2ccccc2)(c2ccccc2)c2ccc(-c3nc(-n4c5ccccc5c5ccccc54)cc(-n4c5ccccc5c5cc(-n6c7ccccc7c7ccccc76)ccc54)n3)cc2)cc1. The number of hydrogen-bond acceptors (Lipinski definition) is 2. The van der Waals surface area contributed by atoms with Gasteiger partial charge in [0.2, 0.25) is 0 Å². The molecule has 0 spiro atoms. The zero-order valence-electron chi connectivity index (χ0n) is 38.1. The maximum atomic E-state index is 5.58. The lowest BCUT2D eigenvalue weighted by Gasteiger charge is -2.34. The standard InChI is InChI=1S/C64H43N5Si/c1-4-20-46(21-5-1)70(47-22-6-2-7-23-47,48-24-8-3-9-25-48)49-39-36-44(37-40-49)64-65-62(68-58-33-17-12-28-52(58)53-29-13-18-34-59(53)68)43-63(66-64)69-60-35-19-14-30-54(60)55-42-45(38-41-61(55)69)67-56-31-15-10-26-50(56)51-27-11-16-32-57(51)67/h1-43H. The molecule has 4 heterocycles. The summed E-state index contributed by atoms with van der Waals surface area (Å²) in [6.45, 7) is 0. The van der Waals surface area contributed by atoms with Crippen LogP contribution in [0.4, 0.5) is 0 Å². The average Bonchev–Trinajstić information content (AvgIpc) is 4.08. The molecule has 5 nitrogen and oxygen atoms in total. The molecule has 0 saturated carbocycles. The first-order valence-electron chi connectivity index (χ1n) is 23.9. The van der Waals surface area contributed by atoms with Gasteiger partial charge in [-0.3, -0.25) is 9.13 Å². The van der Waals surface area contributed by atoms with Gasteiger partial charge in [0.1, 0.15) is 11.6 Å². The van der Waals surface area contributed by atoms with Crippen molar-refractivity contribution in [3.63, 3.8) is 0 Å². The van der Waals surface area contributed by atoms with Crippen molar-refractivity contribution in [2.45, 2.75) is 0 Å². The van der Waals surface area contributed by atoms with Gasteiger partial charge in [0.05, 0.1) is 33.1 Å². The lowest BCUT2D eigenvalue weighted by atomic mass is 10.1. The molecule has 14 rings (SSSR count). The van der Waals surface area contributed by atoms with Gasteiger partial charge in [-0.2, -0.15) is 0 Å². The van der Waals surface area contributed by atoms with Gasteiger partial charge in [-0.05, 0) is 69.3 Å². The number of rotatable bonds is 8. The van der Waals surface area contributed by atoms with E-state index >= 15 is 0 Å². The lowest BCUT2D eigenvalue weighted by molar-refractivity contribution is 0.994. The largest absolute Gasteiger partial charge is 0.309 e. The topological polar surface area (TPSA) is 40.6 Å². The zero-order chi connectivity index (χ0) is 46.2. The van der Waals surface area contributed by atoms with Crippen molar-refractivity contribution in [3.05, 3.63) is 261 Å². The first-order valence-corrected chi connectivity index (χ1v) is 25.9. The van der Waals surface area contributed by atoms with E-state index in [1.54, 1.807) is 0 Å². The van der Waals surface area contributed by atoms with E-state index in [0.717, 1.165) is 55.7 Å². The Balaban J connectivity index is 1.01. The van der Waals surface area contributed by atoms with E-state index < -0.39 is 8.07 Å². The van der Waals surface area contributed by atoms with Crippen molar-refractivity contribution in [1.82, 2.24) is 23.7 Å². The second kappa shape index (κ2) is 16.0.